The Morgan fingerprint density at radius 1 is 1.41 bits per heavy atom. The van der Waals surface area contributed by atoms with Gasteiger partial charge >= 0.3 is 5.97 Å². The van der Waals surface area contributed by atoms with Gasteiger partial charge < -0.3 is 9.84 Å². The van der Waals surface area contributed by atoms with Crippen LogP contribution in [0, 0.1) is 0 Å². The fourth-order valence-corrected chi connectivity index (χ4v) is 3.24. The van der Waals surface area contributed by atoms with Crippen molar-refractivity contribution in [1.82, 2.24) is 4.31 Å². The average molecular weight is 265 g/mol. The number of carboxylic acids is 1. The third-order valence-electron chi connectivity index (χ3n) is 2.68. The lowest BCUT2D eigenvalue weighted by Gasteiger charge is -2.48. The minimum atomic E-state index is -3.34. The van der Waals surface area contributed by atoms with E-state index in [9.17, 15) is 13.2 Å². The number of hydrogen-bond acceptors (Lipinski definition) is 4. The first kappa shape index (κ1) is 14.4. The molecule has 0 saturated carbocycles. The highest BCUT2D eigenvalue weighted by molar-refractivity contribution is 7.90. The van der Waals surface area contributed by atoms with E-state index >= 15 is 0 Å². The zero-order valence-electron chi connectivity index (χ0n) is 10.6. The summed E-state index contributed by atoms with van der Waals surface area (Å²) in [5.41, 5.74) is -0.684. The highest BCUT2D eigenvalue weighted by atomic mass is 32.2. The van der Waals surface area contributed by atoms with Gasteiger partial charge in [-0.05, 0) is 27.7 Å². The van der Waals surface area contributed by atoms with Gasteiger partial charge in [0.1, 0.15) is 6.61 Å². The van der Waals surface area contributed by atoms with Gasteiger partial charge in [0.2, 0.25) is 10.0 Å². The standard InChI is InChI=1S/C10H19NO5S/c1-9(2,3)17(14,15)11-6-10(4,7-11)16-5-8(12)13/h5-7H2,1-4H3,(H,12,13). The molecule has 0 unspecified atom stereocenters. The summed E-state index contributed by atoms with van der Waals surface area (Å²) in [5, 5.41) is 8.49. The first-order valence-corrected chi connectivity index (χ1v) is 6.77. The summed E-state index contributed by atoms with van der Waals surface area (Å²) in [7, 11) is -3.34. The fraction of sp³-hybridized carbons (Fsp3) is 0.900. The van der Waals surface area contributed by atoms with Crippen LogP contribution in [-0.2, 0) is 19.6 Å². The smallest absolute Gasteiger partial charge is 0.329 e. The van der Waals surface area contributed by atoms with Crippen molar-refractivity contribution in [3.63, 3.8) is 0 Å². The van der Waals surface area contributed by atoms with Crippen LogP contribution >= 0.6 is 0 Å². The zero-order chi connectivity index (χ0) is 13.5. The molecule has 1 saturated heterocycles. The maximum absolute atomic E-state index is 12.0. The maximum atomic E-state index is 12.0. The summed E-state index contributed by atoms with van der Waals surface area (Å²) in [4.78, 5) is 10.4. The highest BCUT2D eigenvalue weighted by Gasteiger charge is 2.49. The fourth-order valence-electron chi connectivity index (χ4n) is 1.58. The van der Waals surface area contributed by atoms with Crippen molar-refractivity contribution >= 4 is 16.0 Å². The van der Waals surface area contributed by atoms with Gasteiger partial charge in [-0.1, -0.05) is 0 Å². The lowest BCUT2D eigenvalue weighted by Crippen LogP contribution is -2.65. The Labute approximate surface area is 102 Å². The molecule has 0 aliphatic carbocycles. The lowest BCUT2D eigenvalue weighted by molar-refractivity contribution is -0.157. The molecule has 1 rings (SSSR count). The van der Waals surface area contributed by atoms with Gasteiger partial charge in [-0.25, -0.2) is 13.2 Å². The summed E-state index contributed by atoms with van der Waals surface area (Å²) < 4.78 is 29.7. The molecule has 7 heteroatoms. The van der Waals surface area contributed by atoms with Crippen LogP contribution in [0.15, 0.2) is 0 Å². The van der Waals surface area contributed by atoms with E-state index in [1.165, 1.54) is 4.31 Å². The van der Waals surface area contributed by atoms with Crippen molar-refractivity contribution in [2.45, 2.75) is 38.0 Å². The SMILES string of the molecule is CC1(OCC(=O)O)CN(S(=O)(=O)C(C)(C)C)C1. The van der Waals surface area contributed by atoms with E-state index < -0.39 is 32.9 Å². The first-order valence-electron chi connectivity index (χ1n) is 5.33. The Morgan fingerprint density at radius 2 is 1.88 bits per heavy atom. The number of nitrogens with zero attached hydrogens (tertiary/aromatic N) is 1. The largest absolute Gasteiger partial charge is 0.480 e. The van der Waals surface area contributed by atoms with Gasteiger partial charge in [-0.3, -0.25) is 0 Å². The summed E-state index contributed by atoms with van der Waals surface area (Å²) in [6.45, 7) is 6.63. The zero-order valence-corrected chi connectivity index (χ0v) is 11.4. The van der Waals surface area contributed by atoms with Crippen molar-refractivity contribution in [3.05, 3.63) is 0 Å². The second-order valence-corrected chi connectivity index (χ2v) is 8.21. The van der Waals surface area contributed by atoms with E-state index in [4.69, 9.17) is 9.84 Å². The molecule has 1 N–H and O–H groups in total. The van der Waals surface area contributed by atoms with E-state index in [1.54, 1.807) is 27.7 Å². The molecule has 100 valence electrons. The Balaban J connectivity index is 2.60. The van der Waals surface area contributed by atoms with Gasteiger partial charge in [0.05, 0.1) is 10.3 Å². The number of rotatable bonds is 4. The van der Waals surface area contributed by atoms with Crippen molar-refractivity contribution in [2.24, 2.45) is 0 Å². The number of aliphatic carboxylic acids is 1. The summed E-state index contributed by atoms with van der Waals surface area (Å²) >= 11 is 0. The molecule has 6 nitrogen and oxygen atoms in total. The molecule has 0 spiro atoms. The highest BCUT2D eigenvalue weighted by Crippen LogP contribution is 2.32. The second kappa shape index (κ2) is 4.22. The number of carboxylic acid groups (broad SMARTS) is 1. The maximum Gasteiger partial charge on any atom is 0.329 e. The van der Waals surface area contributed by atoms with Gasteiger partial charge in [-0.2, -0.15) is 4.31 Å². The molecular weight excluding hydrogens is 246 g/mol. The lowest BCUT2D eigenvalue weighted by atomic mass is 10.00. The predicted octanol–water partition coefficient (Wildman–Crippen LogP) is 0.290. The molecule has 0 aromatic heterocycles. The van der Waals surface area contributed by atoms with Gasteiger partial charge in [0.15, 0.2) is 0 Å². The van der Waals surface area contributed by atoms with Crippen LogP contribution in [0.3, 0.4) is 0 Å². The second-order valence-electron chi connectivity index (χ2n) is 5.52. The Bertz CT molecular complexity index is 403. The van der Waals surface area contributed by atoms with E-state index in [0.29, 0.717) is 0 Å². The van der Waals surface area contributed by atoms with Crippen LogP contribution < -0.4 is 0 Å². The van der Waals surface area contributed by atoms with Gasteiger partial charge in [-0.15, -0.1) is 0 Å². The van der Waals surface area contributed by atoms with Crippen LogP contribution in [0.25, 0.3) is 0 Å². The van der Waals surface area contributed by atoms with E-state index in [-0.39, 0.29) is 13.1 Å². The van der Waals surface area contributed by atoms with Crippen molar-refractivity contribution in [2.75, 3.05) is 19.7 Å². The quantitative estimate of drug-likeness (QED) is 0.790. The Hall–Kier alpha value is -0.660. The van der Waals surface area contributed by atoms with Gasteiger partial charge in [0.25, 0.3) is 0 Å². The molecule has 1 aliphatic rings. The molecule has 1 heterocycles. The molecule has 0 radical (unpaired) electrons. The number of hydrogen-bond donors (Lipinski definition) is 1. The topological polar surface area (TPSA) is 83.9 Å². The molecular formula is C10H19NO5S. The monoisotopic (exact) mass is 265 g/mol. The molecule has 0 atom stereocenters. The Morgan fingerprint density at radius 3 is 2.24 bits per heavy atom. The summed E-state index contributed by atoms with van der Waals surface area (Å²) in [5.74, 6) is -1.05. The molecule has 1 fully saturated rings. The van der Waals surface area contributed by atoms with E-state index in [0.717, 1.165) is 0 Å². The summed E-state index contributed by atoms with van der Waals surface area (Å²) in [6, 6.07) is 0. The van der Waals surface area contributed by atoms with E-state index in [2.05, 4.69) is 0 Å². The van der Waals surface area contributed by atoms with Crippen LogP contribution in [0.2, 0.25) is 0 Å². The van der Waals surface area contributed by atoms with Gasteiger partial charge in [0, 0.05) is 13.1 Å². The van der Waals surface area contributed by atoms with Crippen molar-refractivity contribution < 1.29 is 23.1 Å². The average Bonchev–Trinajstić information content (AvgIpc) is 2.08. The molecule has 0 aromatic carbocycles. The number of ether oxygens (including phenoxy) is 1. The minimum absolute atomic E-state index is 0.208. The third kappa shape index (κ3) is 2.97. The third-order valence-corrected chi connectivity index (χ3v) is 5.17. The van der Waals surface area contributed by atoms with Crippen molar-refractivity contribution in [3.8, 4) is 0 Å². The molecule has 17 heavy (non-hydrogen) atoms. The first-order chi connectivity index (χ1) is 7.48. The van der Waals surface area contributed by atoms with Crippen LogP contribution in [-0.4, -0.2) is 53.8 Å². The molecule has 1 aliphatic heterocycles. The molecule has 0 bridgehead atoms. The molecule has 0 aromatic rings. The number of carbonyl (C=O) groups is 1. The van der Waals surface area contributed by atoms with Crippen LogP contribution in [0.4, 0.5) is 0 Å². The number of sulfonamides is 1. The summed E-state index contributed by atoms with van der Waals surface area (Å²) in [6.07, 6.45) is 0. The van der Waals surface area contributed by atoms with Crippen LogP contribution in [0.5, 0.6) is 0 Å². The Kier molecular flexibility index (Phi) is 3.58. The van der Waals surface area contributed by atoms with Crippen molar-refractivity contribution in [1.29, 1.82) is 0 Å². The minimum Gasteiger partial charge on any atom is -0.480 e. The predicted molar refractivity (Wildman–Crippen MR) is 62.2 cm³/mol. The normalized spacial score (nSPS) is 20.9. The molecule has 0 amide bonds. The van der Waals surface area contributed by atoms with Crippen LogP contribution in [0.1, 0.15) is 27.7 Å². The van der Waals surface area contributed by atoms with E-state index in [1.807, 2.05) is 0 Å².